The Morgan fingerprint density at radius 2 is 2.11 bits per heavy atom. The van der Waals surface area contributed by atoms with E-state index in [-0.39, 0.29) is 6.42 Å². The van der Waals surface area contributed by atoms with Gasteiger partial charge in [-0.1, -0.05) is 24.1 Å². The Morgan fingerprint density at radius 1 is 1.39 bits per heavy atom. The Hall–Kier alpha value is -1.22. The van der Waals surface area contributed by atoms with Crippen molar-refractivity contribution in [2.75, 3.05) is 7.11 Å². The van der Waals surface area contributed by atoms with Gasteiger partial charge in [-0.05, 0) is 36.8 Å². The van der Waals surface area contributed by atoms with Crippen molar-refractivity contribution in [2.45, 2.75) is 38.5 Å². The molecule has 0 spiro atoms. The zero-order valence-electron chi connectivity index (χ0n) is 10.5. The second-order valence-corrected chi connectivity index (χ2v) is 5.03. The maximum atomic E-state index is 10.9. The van der Waals surface area contributed by atoms with Gasteiger partial charge in [0, 0.05) is 5.56 Å². The van der Waals surface area contributed by atoms with Crippen molar-refractivity contribution in [1.82, 2.24) is 0 Å². The standard InChI is InChI=1S/C14H17ClO3/c1-18-14-10(8-12(16)17)7-9-5-3-2-4-6-11(9)13(14)15/h7H,2-6,8H2,1H3,(H,16,17). The topological polar surface area (TPSA) is 46.5 Å². The highest BCUT2D eigenvalue weighted by atomic mass is 35.5. The summed E-state index contributed by atoms with van der Waals surface area (Å²) >= 11 is 6.37. The number of carboxylic acid groups (broad SMARTS) is 1. The second kappa shape index (κ2) is 5.61. The normalized spacial score (nSPS) is 14.8. The number of carbonyl (C=O) groups is 1. The van der Waals surface area contributed by atoms with Gasteiger partial charge in [0.05, 0.1) is 18.6 Å². The molecule has 18 heavy (non-hydrogen) atoms. The smallest absolute Gasteiger partial charge is 0.307 e. The Balaban J connectivity index is 2.51. The first-order valence-electron chi connectivity index (χ1n) is 6.22. The average Bonchev–Trinajstić information content (AvgIpc) is 2.54. The first-order valence-corrected chi connectivity index (χ1v) is 6.60. The first kappa shape index (κ1) is 13.2. The van der Waals surface area contributed by atoms with Crippen LogP contribution in [0.1, 0.15) is 36.0 Å². The summed E-state index contributed by atoms with van der Waals surface area (Å²) < 4.78 is 5.29. The molecule has 1 aromatic rings. The lowest BCUT2D eigenvalue weighted by Crippen LogP contribution is -2.06. The number of benzene rings is 1. The summed E-state index contributed by atoms with van der Waals surface area (Å²) in [7, 11) is 1.54. The molecule has 0 bridgehead atoms. The summed E-state index contributed by atoms with van der Waals surface area (Å²) in [4.78, 5) is 10.9. The SMILES string of the molecule is COc1c(CC(=O)O)cc2c(c1Cl)CCCCC2. The van der Waals surface area contributed by atoms with E-state index in [0.29, 0.717) is 16.3 Å². The molecule has 1 aliphatic carbocycles. The number of methoxy groups -OCH3 is 1. The quantitative estimate of drug-likeness (QED) is 0.856. The minimum atomic E-state index is -0.863. The molecule has 0 fully saturated rings. The Morgan fingerprint density at radius 3 is 2.78 bits per heavy atom. The van der Waals surface area contributed by atoms with Crippen LogP contribution in [0.5, 0.6) is 5.75 Å². The molecule has 1 N–H and O–H groups in total. The van der Waals surface area contributed by atoms with Crippen molar-refractivity contribution in [2.24, 2.45) is 0 Å². The molecule has 0 amide bonds. The fourth-order valence-electron chi connectivity index (χ4n) is 2.58. The van der Waals surface area contributed by atoms with Gasteiger partial charge in [-0.3, -0.25) is 4.79 Å². The van der Waals surface area contributed by atoms with Crippen molar-refractivity contribution in [1.29, 1.82) is 0 Å². The number of ether oxygens (including phenoxy) is 1. The third kappa shape index (κ3) is 2.61. The summed E-state index contributed by atoms with van der Waals surface area (Å²) in [5.74, 6) is -0.336. The van der Waals surface area contributed by atoms with Crippen LogP contribution in [0, 0.1) is 0 Å². The largest absolute Gasteiger partial charge is 0.495 e. The van der Waals surface area contributed by atoms with E-state index in [1.54, 1.807) is 0 Å². The van der Waals surface area contributed by atoms with Crippen molar-refractivity contribution in [3.63, 3.8) is 0 Å². The molecule has 1 aromatic carbocycles. The molecule has 2 rings (SSSR count). The number of aliphatic carboxylic acids is 1. The lowest BCUT2D eigenvalue weighted by molar-refractivity contribution is -0.136. The number of aryl methyl sites for hydroxylation is 1. The van der Waals surface area contributed by atoms with E-state index in [2.05, 4.69) is 0 Å². The number of hydrogen-bond donors (Lipinski definition) is 1. The van der Waals surface area contributed by atoms with Crippen LogP contribution in [0.3, 0.4) is 0 Å². The molecule has 4 heteroatoms. The molecule has 0 atom stereocenters. The third-order valence-electron chi connectivity index (χ3n) is 3.41. The Bertz CT molecular complexity index is 469. The van der Waals surface area contributed by atoms with E-state index in [0.717, 1.165) is 31.2 Å². The van der Waals surface area contributed by atoms with Gasteiger partial charge in [0.1, 0.15) is 5.75 Å². The van der Waals surface area contributed by atoms with Crippen LogP contribution >= 0.6 is 11.6 Å². The van der Waals surface area contributed by atoms with Gasteiger partial charge in [0.25, 0.3) is 0 Å². The van der Waals surface area contributed by atoms with Crippen LogP contribution in [-0.2, 0) is 24.1 Å². The minimum Gasteiger partial charge on any atom is -0.495 e. The molecule has 0 radical (unpaired) electrons. The van der Waals surface area contributed by atoms with Crippen molar-refractivity contribution >= 4 is 17.6 Å². The zero-order valence-corrected chi connectivity index (χ0v) is 11.2. The van der Waals surface area contributed by atoms with Gasteiger partial charge in [-0.25, -0.2) is 0 Å². The third-order valence-corrected chi connectivity index (χ3v) is 3.81. The predicted octanol–water partition coefficient (Wildman–Crippen LogP) is 3.24. The van der Waals surface area contributed by atoms with Crippen LogP contribution in [0.15, 0.2) is 6.07 Å². The molecule has 3 nitrogen and oxygen atoms in total. The summed E-state index contributed by atoms with van der Waals surface area (Å²) in [6.45, 7) is 0. The lowest BCUT2D eigenvalue weighted by Gasteiger charge is -2.16. The van der Waals surface area contributed by atoms with Gasteiger partial charge >= 0.3 is 5.97 Å². The molecule has 0 heterocycles. The van der Waals surface area contributed by atoms with E-state index in [9.17, 15) is 4.79 Å². The van der Waals surface area contributed by atoms with Crippen LogP contribution in [0.4, 0.5) is 0 Å². The second-order valence-electron chi connectivity index (χ2n) is 4.65. The zero-order chi connectivity index (χ0) is 13.1. The summed E-state index contributed by atoms with van der Waals surface area (Å²) in [5, 5.41) is 9.54. The maximum absolute atomic E-state index is 10.9. The van der Waals surface area contributed by atoms with E-state index < -0.39 is 5.97 Å². The molecule has 0 aromatic heterocycles. The van der Waals surface area contributed by atoms with Crippen molar-refractivity contribution in [3.05, 3.63) is 27.8 Å². The molecule has 0 saturated carbocycles. The number of halogens is 1. The Labute approximate surface area is 112 Å². The summed E-state index contributed by atoms with van der Waals surface area (Å²) in [6.07, 6.45) is 5.36. The highest BCUT2D eigenvalue weighted by Crippen LogP contribution is 2.37. The van der Waals surface area contributed by atoms with Crippen LogP contribution in [-0.4, -0.2) is 18.2 Å². The number of carboxylic acids is 1. The van der Waals surface area contributed by atoms with E-state index in [1.807, 2.05) is 6.07 Å². The lowest BCUT2D eigenvalue weighted by atomic mass is 9.97. The van der Waals surface area contributed by atoms with Crippen molar-refractivity contribution in [3.8, 4) is 5.75 Å². The van der Waals surface area contributed by atoms with Gasteiger partial charge < -0.3 is 9.84 Å². The van der Waals surface area contributed by atoms with E-state index >= 15 is 0 Å². The minimum absolute atomic E-state index is 0.0455. The van der Waals surface area contributed by atoms with Gasteiger partial charge in [-0.2, -0.15) is 0 Å². The van der Waals surface area contributed by atoms with Crippen molar-refractivity contribution < 1.29 is 14.6 Å². The van der Waals surface area contributed by atoms with E-state index in [4.69, 9.17) is 21.4 Å². The summed E-state index contributed by atoms with van der Waals surface area (Å²) in [5.41, 5.74) is 3.00. The molecule has 98 valence electrons. The van der Waals surface area contributed by atoms with Crippen LogP contribution in [0.2, 0.25) is 5.02 Å². The first-order chi connectivity index (χ1) is 8.63. The van der Waals surface area contributed by atoms with Crippen LogP contribution < -0.4 is 4.74 Å². The van der Waals surface area contributed by atoms with Gasteiger partial charge in [0.2, 0.25) is 0 Å². The number of fused-ring (bicyclic) bond motifs is 1. The Kier molecular flexibility index (Phi) is 4.12. The highest BCUT2D eigenvalue weighted by molar-refractivity contribution is 6.33. The highest BCUT2D eigenvalue weighted by Gasteiger charge is 2.20. The molecular weight excluding hydrogens is 252 g/mol. The fraction of sp³-hybridized carbons (Fsp3) is 0.500. The molecular formula is C14H17ClO3. The fourth-order valence-corrected chi connectivity index (χ4v) is 3.00. The molecule has 1 aliphatic rings. The number of hydrogen-bond acceptors (Lipinski definition) is 2. The predicted molar refractivity (Wildman–Crippen MR) is 70.6 cm³/mol. The molecule has 0 saturated heterocycles. The van der Waals surface area contributed by atoms with Crippen LogP contribution in [0.25, 0.3) is 0 Å². The average molecular weight is 269 g/mol. The van der Waals surface area contributed by atoms with E-state index in [1.165, 1.54) is 19.1 Å². The monoisotopic (exact) mass is 268 g/mol. The van der Waals surface area contributed by atoms with Gasteiger partial charge in [-0.15, -0.1) is 0 Å². The number of rotatable bonds is 3. The maximum Gasteiger partial charge on any atom is 0.307 e. The molecule has 0 unspecified atom stereocenters. The summed E-state index contributed by atoms with van der Waals surface area (Å²) in [6, 6.07) is 1.96. The molecule has 0 aliphatic heterocycles. The van der Waals surface area contributed by atoms with Gasteiger partial charge in [0.15, 0.2) is 0 Å².